The third-order valence-corrected chi connectivity index (χ3v) is 4.13. The van der Waals surface area contributed by atoms with E-state index in [1.54, 1.807) is 20.2 Å². The first-order valence-corrected chi connectivity index (χ1v) is 7.32. The SMILES string of the molecule is CNC(=O)C1CCN(c2nc(NC)c(Cl)cc2Cl)CC1. The van der Waals surface area contributed by atoms with Crippen LogP contribution in [0.3, 0.4) is 0 Å². The second-order valence-electron chi connectivity index (χ2n) is 4.75. The van der Waals surface area contributed by atoms with E-state index in [0.717, 1.165) is 31.7 Å². The minimum absolute atomic E-state index is 0.0751. The summed E-state index contributed by atoms with van der Waals surface area (Å²) in [4.78, 5) is 18.2. The fourth-order valence-electron chi connectivity index (χ4n) is 2.41. The molecule has 20 heavy (non-hydrogen) atoms. The Morgan fingerprint density at radius 3 is 2.50 bits per heavy atom. The maximum atomic E-state index is 11.6. The number of hydrogen-bond donors (Lipinski definition) is 2. The van der Waals surface area contributed by atoms with E-state index in [2.05, 4.69) is 20.5 Å². The highest BCUT2D eigenvalue weighted by Gasteiger charge is 2.26. The zero-order chi connectivity index (χ0) is 14.7. The summed E-state index contributed by atoms with van der Waals surface area (Å²) in [5.41, 5.74) is 0. The molecule has 0 saturated carbocycles. The molecule has 1 saturated heterocycles. The number of hydrogen-bond acceptors (Lipinski definition) is 4. The van der Waals surface area contributed by atoms with Gasteiger partial charge in [0.15, 0.2) is 0 Å². The molecule has 1 fully saturated rings. The Labute approximate surface area is 128 Å². The molecule has 0 aromatic carbocycles. The minimum Gasteiger partial charge on any atom is -0.372 e. The van der Waals surface area contributed by atoms with Crippen LogP contribution >= 0.6 is 23.2 Å². The van der Waals surface area contributed by atoms with Gasteiger partial charge in [-0.1, -0.05) is 23.2 Å². The lowest BCUT2D eigenvalue weighted by Crippen LogP contribution is -2.40. The largest absolute Gasteiger partial charge is 0.372 e. The van der Waals surface area contributed by atoms with E-state index in [-0.39, 0.29) is 11.8 Å². The molecule has 1 aromatic heterocycles. The van der Waals surface area contributed by atoms with E-state index in [4.69, 9.17) is 23.2 Å². The number of nitrogens with one attached hydrogen (secondary N) is 2. The van der Waals surface area contributed by atoms with Crippen LogP contribution in [0.25, 0.3) is 0 Å². The maximum Gasteiger partial charge on any atom is 0.222 e. The van der Waals surface area contributed by atoms with Crippen LogP contribution in [0.4, 0.5) is 11.6 Å². The van der Waals surface area contributed by atoms with Crippen molar-refractivity contribution in [3.8, 4) is 0 Å². The summed E-state index contributed by atoms with van der Waals surface area (Å²) >= 11 is 12.3. The molecular formula is C13H18Cl2N4O. The lowest BCUT2D eigenvalue weighted by Gasteiger charge is -2.32. The molecule has 2 N–H and O–H groups in total. The number of rotatable bonds is 3. The molecule has 0 atom stereocenters. The summed E-state index contributed by atoms with van der Waals surface area (Å²) in [5.74, 6) is 1.51. The van der Waals surface area contributed by atoms with Gasteiger partial charge < -0.3 is 15.5 Å². The van der Waals surface area contributed by atoms with Gasteiger partial charge in [-0.2, -0.15) is 0 Å². The predicted octanol–water partition coefficient (Wildman–Crippen LogP) is 2.39. The van der Waals surface area contributed by atoms with Gasteiger partial charge in [0.2, 0.25) is 5.91 Å². The van der Waals surface area contributed by atoms with Crippen LogP contribution in [0.1, 0.15) is 12.8 Å². The van der Waals surface area contributed by atoms with Crippen molar-refractivity contribution in [2.24, 2.45) is 5.92 Å². The van der Waals surface area contributed by atoms with Crippen LogP contribution < -0.4 is 15.5 Å². The van der Waals surface area contributed by atoms with Crippen molar-refractivity contribution in [3.05, 3.63) is 16.1 Å². The number of piperidine rings is 1. The number of halogens is 2. The number of carbonyl (C=O) groups is 1. The van der Waals surface area contributed by atoms with Crippen LogP contribution in [0, 0.1) is 5.92 Å². The Morgan fingerprint density at radius 2 is 1.95 bits per heavy atom. The smallest absolute Gasteiger partial charge is 0.222 e. The molecule has 2 rings (SSSR count). The van der Waals surface area contributed by atoms with Crippen molar-refractivity contribution < 1.29 is 4.79 Å². The molecule has 0 unspecified atom stereocenters. The summed E-state index contributed by atoms with van der Waals surface area (Å²) in [6, 6.07) is 1.70. The van der Waals surface area contributed by atoms with Crippen LogP contribution in [0.2, 0.25) is 10.0 Å². The fraction of sp³-hybridized carbons (Fsp3) is 0.538. The summed E-state index contributed by atoms with van der Waals surface area (Å²) in [6.45, 7) is 1.52. The van der Waals surface area contributed by atoms with E-state index >= 15 is 0 Å². The van der Waals surface area contributed by atoms with Gasteiger partial charge in [-0.25, -0.2) is 4.98 Å². The molecule has 1 amide bonds. The topological polar surface area (TPSA) is 57.3 Å². The van der Waals surface area contributed by atoms with Gasteiger partial charge in [0.25, 0.3) is 0 Å². The average molecular weight is 317 g/mol. The number of anilines is 2. The molecule has 5 nitrogen and oxygen atoms in total. The first kappa shape index (κ1) is 15.2. The summed E-state index contributed by atoms with van der Waals surface area (Å²) in [5, 5.41) is 6.68. The van der Waals surface area contributed by atoms with Crippen molar-refractivity contribution in [3.63, 3.8) is 0 Å². The number of amides is 1. The second kappa shape index (κ2) is 6.50. The van der Waals surface area contributed by atoms with Crippen LogP contribution in [-0.4, -0.2) is 38.1 Å². The van der Waals surface area contributed by atoms with Gasteiger partial charge in [0, 0.05) is 33.1 Å². The van der Waals surface area contributed by atoms with Crippen LogP contribution in [0.15, 0.2) is 6.07 Å². The van der Waals surface area contributed by atoms with Gasteiger partial charge in [0.05, 0.1) is 10.0 Å². The van der Waals surface area contributed by atoms with E-state index in [1.807, 2.05) is 0 Å². The van der Waals surface area contributed by atoms with E-state index in [0.29, 0.717) is 15.9 Å². The molecule has 7 heteroatoms. The van der Waals surface area contributed by atoms with Gasteiger partial charge in [-0.15, -0.1) is 0 Å². The fourth-order valence-corrected chi connectivity index (χ4v) is 2.98. The van der Waals surface area contributed by atoms with E-state index < -0.39 is 0 Å². The molecule has 2 heterocycles. The Hall–Kier alpha value is -1.20. The number of pyridine rings is 1. The third kappa shape index (κ3) is 3.10. The third-order valence-electron chi connectivity index (χ3n) is 3.56. The number of carbonyl (C=O) groups excluding carboxylic acids is 1. The second-order valence-corrected chi connectivity index (χ2v) is 5.56. The van der Waals surface area contributed by atoms with Gasteiger partial charge in [-0.05, 0) is 18.9 Å². The number of nitrogens with zero attached hydrogens (tertiary/aromatic N) is 2. The first-order valence-electron chi connectivity index (χ1n) is 6.57. The molecular weight excluding hydrogens is 299 g/mol. The Kier molecular flexibility index (Phi) is 4.94. The lowest BCUT2D eigenvalue weighted by molar-refractivity contribution is -0.125. The molecule has 0 aliphatic carbocycles. The quantitative estimate of drug-likeness (QED) is 0.899. The van der Waals surface area contributed by atoms with Crippen molar-refractivity contribution in [1.29, 1.82) is 0 Å². The Morgan fingerprint density at radius 1 is 1.30 bits per heavy atom. The molecule has 110 valence electrons. The Balaban J connectivity index is 2.12. The van der Waals surface area contributed by atoms with Crippen molar-refractivity contribution in [2.45, 2.75) is 12.8 Å². The number of aromatic nitrogens is 1. The van der Waals surface area contributed by atoms with Crippen LogP contribution in [-0.2, 0) is 4.79 Å². The highest BCUT2D eigenvalue weighted by Crippen LogP contribution is 2.33. The summed E-state index contributed by atoms with van der Waals surface area (Å²) < 4.78 is 0. The summed E-state index contributed by atoms with van der Waals surface area (Å²) in [6.07, 6.45) is 1.60. The average Bonchev–Trinajstić information content (AvgIpc) is 2.47. The zero-order valence-corrected chi connectivity index (χ0v) is 13.1. The van der Waals surface area contributed by atoms with Crippen molar-refractivity contribution in [2.75, 3.05) is 37.4 Å². The maximum absolute atomic E-state index is 11.6. The zero-order valence-electron chi connectivity index (χ0n) is 11.5. The van der Waals surface area contributed by atoms with Crippen molar-refractivity contribution in [1.82, 2.24) is 10.3 Å². The Bertz CT molecular complexity index is 501. The first-order chi connectivity index (χ1) is 9.56. The van der Waals surface area contributed by atoms with Crippen molar-refractivity contribution >= 4 is 40.7 Å². The monoisotopic (exact) mass is 316 g/mol. The van der Waals surface area contributed by atoms with Gasteiger partial charge >= 0.3 is 0 Å². The molecule has 1 aliphatic heterocycles. The molecule has 1 aliphatic rings. The molecule has 1 aromatic rings. The predicted molar refractivity (Wildman–Crippen MR) is 82.8 cm³/mol. The lowest BCUT2D eigenvalue weighted by atomic mass is 9.96. The molecule has 0 bridgehead atoms. The van der Waals surface area contributed by atoms with Crippen LogP contribution in [0.5, 0.6) is 0 Å². The highest BCUT2D eigenvalue weighted by molar-refractivity contribution is 6.37. The molecule has 0 spiro atoms. The molecule has 0 radical (unpaired) electrons. The normalized spacial score (nSPS) is 16.1. The van der Waals surface area contributed by atoms with E-state index in [9.17, 15) is 4.79 Å². The minimum atomic E-state index is 0.0751. The highest BCUT2D eigenvalue weighted by atomic mass is 35.5. The van der Waals surface area contributed by atoms with E-state index in [1.165, 1.54) is 0 Å². The standard InChI is InChI=1S/C13H18Cl2N4O/c1-16-11-9(14)7-10(15)12(18-11)19-5-3-8(4-6-19)13(20)17-2/h7-8H,3-6H2,1-2H3,(H,16,18)(H,17,20). The van der Waals surface area contributed by atoms with Gasteiger partial charge in [-0.3, -0.25) is 4.79 Å². The van der Waals surface area contributed by atoms with Gasteiger partial charge in [0.1, 0.15) is 11.6 Å². The summed E-state index contributed by atoms with van der Waals surface area (Å²) in [7, 11) is 3.44.